The van der Waals surface area contributed by atoms with Crippen LogP contribution in [0.2, 0.25) is 0 Å². The molecule has 4 rings (SSSR count). The van der Waals surface area contributed by atoms with Crippen molar-refractivity contribution in [1.29, 1.82) is 0 Å². The predicted molar refractivity (Wildman–Crippen MR) is 102 cm³/mol. The Labute approximate surface area is 163 Å². The molecule has 0 aliphatic carbocycles. The minimum atomic E-state index is -0.708. The van der Waals surface area contributed by atoms with Crippen molar-refractivity contribution in [2.24, 2.45) is 0 Å². The number of imidazole rings is 1. The Hall–Kier alpha value is -3.86. The van der Waals surface area contributed by atoms with E-state index in [-0.39, 0.29) is 24.3 Å². The molecule has 148 valence electrons. The van der Waals surface area contributed by atoms with Gasteiger partial charge in [0.15, 0.2) is 5.69 Å². The largest absolute Gasteiger partial charge is 0.378 e. The molecule has 1 aromatic heterocycles. The molecule has 1 aliphatic rings. The van der Waals surface area contributed by atoms with Gasteiger partial charge in [0, 0.05) is 25.2 Å². The first-order chi connectivity index (χ1) is 14.0. The average molecular weight is 397 g/mol. The van der Waals surface area contributed by atoms with Crippen molar-refractivity contribution < 1.29 is 19.4 Å². The fraction of sp³-hybridized carbons (Fsp3) is 0.222. The maximum Gasteiger partial charge on any atom is 0.300 e. The third kappa shape index (κ3) is 3.27. The van der Waals surface area contributed by atoms with E-state index in [0.29, 0.717) is 24.2 Å². The molecule has 1 saturated heterocycles. The number of carbonyl (C=O) groups excluding carboxylic acids is 1. The minimum absolute atomic E-state index is 0.115. The van der Waals surface area contributed by atoms with Crippen LogP contribution in [0, 0.1) is 20.2 Å². The molecule has 0 atom stereocenters. The minimum Gasteiger partial charge on any atom is -0.378 e. The molecule has 0 N–H and O–H groups in total. The molecule has 0 unspecified atom stereocenters. The summed E-state index contributed by atoms with van der Waals surface area (Å²) in [7, 11) is 0. The Morgan fingerprint density at radius 3 is 2.28 bits per heavy atom. The number of hydrogen-bond acceptors (Lipinski definition) is 8. The van der Waals surface area contributed by atoms with E-state index < -0.39 is 27.1 Å². The molecule has 11 nitrogen and oxygen atoms in total. The van der Waals surface area contributed by atoms with Crippen molar-refractivity contribution in [2.75, 3.05) is 31.2 Å². The Morgan fingerprint density at radius 2 is 1.66 bits per heavy atom. The molecule has 0 bridgehead atoms. The summed E-state index contributed by atoms with van der Waals surface area (Å²) in [4.78, 5) is 40.7. The van der Waals surface area contributed by atoms with E-state index in [2.05, 4.69) is 4.98 Å². The predicted octanol–water partition coefficient (Wildman–Crippen LogP) is 2.38. The van der Waals surface area contributed by atoms with E-state index in [1.807, 2.05) is 0 Å². The maximum absolute atomic E-state index is 13.0. The first-order valence-corrected chi connectivity index (χ1v) is 8.73. The number of nitrogens with zero attached hydrogens (tertiary/aromatic N) is 5. The zero-order valence-electron chi connectivity index (χ0n) is 15.1. The van der Waals surface area contributed by atoms with Crippen LogP contribution in [0.15, 0.2) is 42.7 Å². The third-order valence-corrected chi connectivity index (χ3v) is 4.71. The summed E-state index contributed by atoms with van der Waals surface area (Å²) in [6, 6.07) is 9.03. The van der Waals surface area contributed by atoms with Gasteiger partial charge in [-0.15, -0.1) is 0 Å². The molecule has 0 amide bonds. The molecule has 0 saturated carbocycles. The van der Waals surface area contributed by atoms with Gasteiger partial charge >= 0.3 is 0 Å². The summed E-state index contributed by atoms with van der Waals surface area (Å²) in [5.41, 5.74) is -0.198. The number of carbonyl (C=O) groups is 1. The lowest BCUT2D eigenvalue weighted by Crippen LogP contribution is -2.37. The second-order valence-electron chi connectivity index (χ2n) is 6.39. The molecule has 3 aromatic rings. The highest BCUT2D eigenvalue weighted by molar-refractivity contribution is 6.03. The lowest BCUT2D eigenvalue weighted by Gasteiger charge is -2.28. The molecule has 2 heterocycles. The first kappa shape index (κ1) is 18.5. The molecule has 0 spiro atoms. The lowest BCUT2D eigenvalue weighted by atomic mass is 10.1. The number of ether oxygens (including phenoxy) is 1. The van der Waals surface area contributed by atoms with Gasteiger partial charge < -0.3 is 9.64 Å². The number of nitro benzene ring substituents is 2. The molecule has 0 radical (unpaired) electrons. The van der Waals surface area contributed by atoms with Crippen molar-refractivity contribution in [3.8, 4) is 0 Å². The summed E-state index contributed by atoms with van der Waals surface area (Å²) in [6.45, 7) is 1.16. The van der Waals surface area contributed by atoms with Gasteiger partial charge in [-0.3, -0.25) is 29.6 Å². The van der Waals surface area contributed by atoms with Gasteiger partial charge in [-0.1, -0.05) is 12.1 Å². The van der Waals surface area contributed by atoms with Gasteiger partial charge in [0.1, 0.15) is 6.33 Å². The molecule has 1 fully saturated rings. The topological polar surface area (TPSA) is 134 Å². The second-order valence-corrected chi connectivity index (χ2v) is 6.39. The fourth-order valence-corrected chi connectivity index (χ4v) is 3.38. The van der Waals surface area contributed by atoms with Crippen LogP contribution in [-0.2, 0) is 4.74 Å². The van der Waals surface area contributed by atoms with Crippen LogP contribution in [0.4, 0.5) is 17.1 Å². The Morgan fingerprint density at radius 1 is 1.03 bits per heavy atom. The number of para-hydroxylation sites is 2. The monoisotopic (exact) mass is 397 g/mol. The number of aromatic nitrogens is 2. The number of anilines is 1. The highest BCUT2D eigenvalue weighted by Crippen LogP contribution is 2.39. The maximum atomic E-state index is 13.0. The van der Waals surface area contributed by atoms with E-state index in [1.54, 1.807) is 29.2 Å². The third-order valence-electron chi connectivity index (χ3n) is 4.71. The van der Waals surface area contributed by atoms with E-state index in [1.165, 1.54) is 10.9 Å². The zero-order valence-corrected chi connectivity index (χ0v) is 15.1. The van der Waals surface area contributed by atoms with Crippen LogP contribution in [0.3, 0.4) is 0 Å². The van der Waals surface area contributed by atoms with Gasteiger partial charge in [-0.25, -0.2) is 4.98 Å². The van der Waals surface area contributed by atoms with Crippen LogP contribution < -0.4 is 4.90 Å². The normalized spacial score (nSPS) is 14.1. The van der Waals surface area contributed by atoms with Crippen molar-refractivity contribution >= 4 is 34.0 Å². The first-order valence-electron chi connectivity index (χ1n) is 8.73. The van der Waals surface area contributed by atoms with E-state index in [0.717, 1.165) is 12.1 Å². The van der Waals surface area contributed by atoms with Crippen LogP contribution in [0.25, 0.3) is 11.0 Å². The molecular formula is C18H15N5O6. The quantitative estimate of drug-likeness (QED) is 0.484. The van der Waals surface area contributed by atoms with Gasteiger partial charge in [0.2, 0.25) is 0 Å². The Bertz CT molecular complexity index is 1100. The summed E-state index contributed by atoms with van der Waals surface area (Å²) >= 11 is 0. The SMILES string of the molecule is O=C(c1cc([N+](=O)[O-])c(N2CCOCC2)c([N+](=O)[O-])c1)n1cnc2ccccc21. The molecule has 11 heteroatoms. The van der Waals surface area contributed by atoms with Crippen LogP contribution >= 0.6 is 0 Å². The van der Waals surface area contributed by atoms with Crippen LogP contribution in [-0.4, -0.2) is 51.6 Å². The van der Waals surface area contributed by atoms with Crippen molar-refractivity contribution in [2.45, 2.75) is 0 Å². The number of morpholine rings is 1. The van der Waals surface area contributed by atoms with E-state index >= 15 is 0 Å². The highest BCUT2D eigenvalue weighted by Gasteiger charge is 2.33. The number of rotatable bonds is 4. The lowest BCUT2D eigenvalue weighted by molar-refractivity contribution is -0.392. The smallest absolute Gasteiger partial charge is 0.300 e. The molecule has 2 aromatic carbocycles. The fourth-order valence-electron chi connectivity index (χ4n) is 3.38. The number of hydrogen-bond donors (Lipinski definition) is 0. The average Bonchev–Trinajstić information content (AvgIpc) is 3.17. The highest BCUT2D eigenvalue weighted by atomic mass is 16.6. The van der Waals surface area contributed by atoms with Crippen molar-refractivity contribution in [3.63, 3.8) is 0 Å². The molecule has 1 aliphatic heterocycles. The Balaban J connectivity index is 1.87. The van der Waals surface area contributed by atoms with Gasteiger partial charge in [0.25, 0.3) is 17.3 Å². The zero-order chi connectivity index (χ0) is 20.5. The summed E-state index contributed by atoms with van der Waals surface area (Å²) in [6.07, 6.45) is 1.29. The second kappa shape index (κ2) is 7.28. The Kier molecular flexibility index (Phi) is 4.64. The molecule has 29 heavy (non-hydrogen) atoms. The van der Waals surface area contributed by atoms with Gasteiger partial charge in [-0.05, 0) is 12.1 Å². The molecular weight excluding hydrogens is 382 g/mol. The number of benzene rings is 2. The summed E-state index contributed by atoms with van der Waals surface area (Å²) in [5, 5.41) is 23.4. The van der Waals surface area contributed by atoms with Crippen LogP contribution in [0.1, 0.15) is 10.4 Å². The summed E-state index contributed by atoms with van der Waals surface area (Å²) < 4.78 is 6.44. The van der Waals surface area contributed by atoms with Crippen molar-refractivity contribution in [3.05, 3.63) is 68.5 Å². The van der Waals surface area contributed by atoms with E-state index in [4.69, 9.17) is 4.74 Å². The summed E-state index contributed by atoms with van der Waals surface area (Å²) in [5.74, 6) is -0.640. The van der Waals surface area contributed by atoms with Gasteiger partial charge in [0.05, 0.1) is 39.7 Å². The van der Waals surface area contributed by atoms with Gasteiger partial charge in [-0.2, -0.15) is 0 Å². The van der Waals surface area contributed by atoms with Crippen molar-refractivity contribution in [1.82, 2.24) is 9.55 Å². The number of fused-ring (bicyclic) bond motifs is 1. The standard InChI is InChI=1S/C18H15N5O6/c24-18(21-11-19-13-3-1-2-4-14(13)21)12-9-15(22(25)26)17(16(10-12)23(27)28)20-5-7-29-8-6-20/h1-4,9-11H,5-8H2. The van der Waals surface area contributed by atoms with E-state index in [9.17, 15) is 25.0 Å². The number of nitro groups is 2. The van der Waals surface area contributed by atoms with Crippen LogP contribution in [0.5, 0.6) is 0 Å².